The summed E-state index contributed by atoms with van der Waals surface area (Å²) in [5.74, 6) is 0. The number of likely N-dealkylation sites (N-methyl/N-ethyl adjacent to an activating group) is 1. The summed E-state index contributed by atoms with van der Waals surface area (Å²) < 4.78 is 0. The smallest absolute Gasteiger partial charge is 0.0281 e. The maximum Gasteiger partial charge on any atom is 0.0281 e. The molecule has 0 aromatic carbocycles. The Labute approximate surface area is 119 Å². The lowest BCUT2D eigenvalue weighted by atomic mass is 9.99. The average molecular weight is 268 g/mol. The molecule has 112 valence electrons. The fourth-order valence-electron chi connectivity index (χ4n) is 3.52. The zero-order valence-corrected chi connectivity index (χ0v) is 13.3. The largest absolute Gasteiger partial charge is 0.314 e. The Morgan fingerprint density at radius 1 is 1.11 bits per heavy atom. The molecule has 0 spiro atoms. The first-order valence-electron chi connectivity index (χ1n) is 7.87. The zero-order chi connectivity index (χ0) is 13.9. The van der Waals surface area contributed by atoms with Crippen LogP contribution in [-0.4, -0.2) is 85.7 Å². The molecule has 0 aromatic heterocycles. The van der Waals surface area contributed by atoms with E-state index in [0.717, 1.165) is 13.1 Å². The first-order valence-corrected chi connectivity index (χ1v) is 7.87. The van der Waals surface area contributed by atoms with E-state index in [9.17, 15) is 0 Å². The van der Waals surface area contributed by atoms with Crippen molar-refractivity contribution in [1.29, 1.82) is 0 Å². The maximum absolute atomic E-state index is 3.45. The van der Waals surface area contributed by atoms with Crippen LogP contribution >= 0.6 is 0 Å². The molecule has 0 amide bonds. The van der Waals surface area contributed by atoms with Gasteiger partial charge < -0.3 is 10.2 Å². The molecule has 0 radical (unpaired) electrons. The quantitative estimate of drug-likeness (QED) is 0.813. The predicted molar refractivity (Wildman–Crippen MR) is 81.7 cm³/mol. The molecule has 2 aliphatic heterocycles. The van der Waals surface area contributed by atoms with E-state index in [4.69, 9.17) is 0 Å². The highest BCUT2D eigenvalue weighted by Crippen LogP contribution is 2.19. The lowest BCUT2D eigenvalue weighted by molar-refractivity contribution is 0.0505. The summed E-state index contributed by atoms with van der Waals surface area (Å²) >= 11 is 0. The van der Waals surface area contributed by atoms with Gasteiger partial charge in [-0.3, -0.25) is 9.80 Å². The molecular formula is C15H32N4. The molecule has 4 heteroatoms. The Kier molecular flexibility index (Phi) is 5.23. The van der Waals surface area contributed by atoms with Crippen LogP contribution in [0.5, 0.6) is 0 Å². The molecule has 2 aliphatic rings. The lowest BCUT2D eigenvalue weighted by Crippen LogP contribution is -2.58. The van der Waals surface area contributed by atoms with Gasteiger partial charge in [0.05, 0.1) is 0 Å². The van der Waals surface area contributed by atoms with E-state index >= 15 is 0 Å². The van der Waals surface area contributed by atoms with Gasteiger partial charge in [-0.1, -0.05) is 0 Å². The molecule has 1 atom stereocenters. The van der Waals surface area contributed by atoms with Crippen LogP contribution in [0.3, 0.4) is 0 Å². The first kappa shape index (κ1) is 15.2. The van der Waals surface area contributed by atoms with Crippen LogP contribution < -0.4 is 5.32 Å². The second-order valence-corrected chi connectivity index (χ2v) is 6.98. The highest BCUT2D eigenvalue weighted by molar-refractivity contribution is 4.90. The molecule has 0 aliphatic carbocycles. The Hall–Kier alpha value is -0.160. The molecule has 2 heterocycles. The standard InChI is InChI=1S/C15H32N4/c1-14-12-17(4)8-5-9-18(14)13-15(2,3)19-10-6-16-7-11-19/h14,16H,5-13H2,1-4H3. The van der Waals surface area contributed by atoms with Crippen molar-refractivity contribution in [2.24, 2.45) is 0 Å². The summed E-state index contributed by atoms with van der Waals surface area (Å²) in [5.41, 5.74) is 0.291. The molecule has 1 N–H and O–H groups in total. The van der Waals surface area contributed by atoms with Gasteiger partial charge in [-0.2, -0.15) is 0 Å². The summed E-state index contributed by atoms with van der Waals surface area (Å²) in [6.07, 6.45) is 1.30. The van der Waals surface area contributed by atoms with Crippen LogP contribution in [0.25, 0.3) is 0 Å². The van der Waals surface area contributed by atoms with Gasteiger partial charge in [0.25, 0.3) is 0 Å². The number of rotatable bonds is 3. The summed E-state index contributed by atoms with van der Waals surface area (Å²) in [7, 11) is 2.25. The number of piperazine rings is 1. The first-order chi connectivity index (χ1) is 8.99. The second kappa shape index (κ2) is 6.53. The van der Waals surface area contributed by atoms with Crippen LogP contribution in [0.4, 0.5) is 0 Å². The molecule has 0 aromatic rings. The maximum atomic E-state index is 3.45. The number of hydrogen-bond donors (Lipinski definition) is 1. The minimum Gasteiger partial charge on any atom is -0.314 e. The van der Waals surface area contributed by atoms with Crippen molar-refractivity contribution >= 4 is 0 Å². The zero-order valence-electron chi connectivity index (χ0n) is 13.3. The fraction of sp³-hybridized carbons (Fsp3) is 1.00. The van der Waals surface area contributed by atoms with Gasteiger partial charge in [-0.25, -0.2) is 0 Å². The third kappa shape index (κ3) is 4.15. The van der Waals surface area contributed by atoms with Crippen molar-refractivity contribution in [3.63, 3.8) is 0 Å². The van der Waals surface area contributed by atoms with Crippen LogP contribution in [0, 0.1) is 0 Å². The monoisotopic (exact) mass is 268 g/mol. The van der Waals surface area contributed by atoms with Gasteiger partial charge in [0, 0.05) is 50.8 Å². The normalized spacial score (nSPS) is 29.4. The van der Waals surface area contributed by atoms with Crippen molar-refractivity contribution < 1.29 is 0 Å². The SMILES string of the molecule is CC1CN(C)CCCN1CC(C)(C)N1CCNCC1. The predicted octanol–water partition coefficient (Wildman–Crippen LogP) is 0.696. The Bertz CT molecular complexity index is 273. The van der Waals surface area contributed by atoms with Gasteiger partial charge >= 0.3 is 0 Å². The van der Waals surface area contributed by atoms with E-state index in [1.54, 1.807) is 0 Å². The third-order valence-electron chi connectivity index (χ3n) is 4.75. The molecule has 0 bridgehead atoms. The van der Waals surface area contributed by atoms with E-state index < -0.39 is 0 Å². The lowest BCUT2D eigenvalue weighted by Gasteiger charge is -2.45. The third-order valence-corrected chi connectivity index (χ3v) is 4.75. The van der Waals surface area contributed by atoms with Gasteiger partial charge in [-0.15, -0.1) is 0 Å². The van der Waals surface area contributed by atoms with E-state index in [1.165, 1.54) is 45.7 Å². The molecule has 2 saturated heterocycles. The molecular weight excluding hydrogens is 236 g/mol. The minimum atomic E-state index is 0.291. The number of nitrogens with one attached hydrogen (secondary N) is 1. The summed E-state index contributed by atoms with van der Waals surface area (Å²) in [6.45, 7) is 16.8. The molecule has 1 unspecified atom stereocenters. The minimum absolute atomic E-state index is 0.291. The van der Waals surface area contributed by atoms with Crippen LogP contribution in [0.2, 0.25) is 0 Å². The highest BCUT2D eigenvalue weighted by Gasteiger charge is 2.32. The summed E-state index contributed by atoms with van der Waals surface area (Å²) in [4.78, 5) is 7.83. The van der Waals surface area contributed by atoms with Gasteiger partial charge in [0.1, 0.15) is 0 Å². The topological polar surface area (TPSA) is 21.8 Å². The van der Waals surface area contributed by atoms with Crippen molar-refractivity contribution in [2.45, 2.75) is 38.8 Å². The van der Waals surface area contributed by atoms with Crippen LogP contribution in [0.1, 0.15) is 27.2 Å². The van der Waals surface area contributed by atoms with Crippen LogP contribution in [0.15, 0.2) is 0 Å². The Morgan fingerprint density at radius 3 is 2.47 bits per heavy atom. The summed E-state index contributed by atoms with van der Waals surface area (Å²) in [6, 6.07) is 0.676. The Balaban J connectivity index is 1.93. The Morgan fingerprint density at radius 2 is 1.79 bits per heavy atom. The molecule has 4 nitrogen and oxygen atoms in total. The molecule has 2 rings (SSSR count). The van der Waals surface area contributed by atoms with Crippen LogP contribution in [-0.2, 0) is 0 Å². The van der Waals surface area contributed by atoms with Crippen molar-refractivity contribution in [3.05, 3.63) is 0 Å². The van der Waals surface area contributed by atoms with E-state index in [2.05, 4.69) is 47.8 Å². The van der Waals surface area contributed by atoms with Crippen molar-refractivity contribution in [3.8, 4) is 0 Å². The summed E-state index contributed by atoms with van der Waals surface area (Å²) in [5, 5.41) is 3.45. The second-order valence-electron chi connectivity index (χ2n) is 6.98. The molecule has 0 saturated carbocycles. The van der Waals surface area contributed by atoms with E-state index in [1.807, 2.05) is 0 Å². The molecule has 19 heavy (non-hydrogen) atoms. The van der Waals surface area contributed by atoms with Crippen molar-refractivity contribution in [1.82, 2.24) is 20.0 Å². The highest BCUT2D eigenvalue weighted by atomic mass is 15.3. The van der Waals surface area contributed by atoms with E-state index in [-0.39, 0.29) is 0 Å². The van der Waals surface area contributed by atoms with E-state index in [0.29, 0.717) is 11.6 Å². The van der Waals surface area contributed by atoms with Crippen molar-refractivity contribution in [2.75, 3.05) is 59.4 Å². The van der Waals surface area contributed by atoms with Gasteiger partial charge in [0.2, 0.25) is 0 Å². The average Bonchev–Trinajstić information content (AvgIpc) is 2.52. The van der Waals surface area contributed by atoms with Gasteiger partial charge in [-0.05, 0) is 47.3 Å². The number of nitrogens with zero attached hydrogens (tertiary/aromatic N) is 3. The fourth-order valence-corrected chi connectivity index (χ4v) is 3.52. The van der Waals surface area contributed by atoms with Gasteiger partial charge in [0.15, 0.2) is 0 Å². The molecule has 2 fully saturated rings. The number of hydrogen-bond acceptors (Lipinski definition) is 4.